The van der Waals surface area contributed by atoms with E-state index in [2.05, 4.69) is 26.7 Å². The van der Waals surface area contributed by atoms with Crippen molar-refractivity contribution in [2.24, 2.45) is 11.8 Å². The lowest BCUT2D eigenvalue weighted by Gasteiger charge is -2.37. The zero-order valence-corrected chi connectivity index (χ0v) is 9.32. The van der Waals surface area contributed by atoms with E-state index >= 15 is 0 Å². The van der Waals surface area contributed by atoms with Crippen LogP contribution in [-0.4, -0.2) is 19.0 Å². The minimum atomic E-state index is -0.0675. The predicted molar refractivity (Wildman–Crippen MR) is 56.7 cm³/mol. The van der Waals surface area contributed by atoms with Gasteiger partial charge in [0.1, 0.15) is 0 Å². The van der Waals surface area contributed by atoms with E-state index in [0.717, 1.165) is 6.42 Å². The van der Waals surface area contributed by atoms with Crippen LogP contribution < -0.4 is 0 Å². The third-order valence-electron chi connectivity index (χ3n) is 2.93. The van der Waals surface area contributed by atoms with E-state index in [9.17, 15) is 0 Å². The molecule has 0 aliphatic carbocycles. The van der Waals surface area contributed by atoms with E-state index < -0.39 is 0 Å². The minimum Gasteiger partial charge on any atom is -0.351 e. The van der Waals surface area contributed by atoms with E-state index in [-0.39, 0.29) is 6.29 Å². The summed E-state index contributed by atoms with van der Waals surface area (Å²) < 4.78 is 11.3. The summed E-state index contributed by atoms with van der Waals surface area (Å²) in [6.07, 6.45) is 7.18. The largest absolute Gasteiger partial charge is 0.351 e. The molecule has 1 rings (SSSR count). The monoisotopic (exact) mass is 196 g/mol. The molecule has 0 bridgehead atoms. The molecule has 1 fully saturated rings. The summed E-state index contributed by atoms with van der Waals surface area (Å²) in [5.74, 6) is 3.69. The summed E-state index contributed by atoms with van der Waals surface area (Å²) in [6, 6.07) is 0. The summed E-state index contributed by atoms with van der Waals surface area (Å²) in [5.41, 5.74) is 0. The first-order valence-corrected chi connectivity index (χ1v) is 5.35. The van der Waals surface area contributed by atoms with Crippen molar-refractivity contribution in [3.8, 4) is 12.3 Å². The molecule has 0 aromatic rings. The Morgan fingerprint density at radius 2 is 2.14 bits per heavy atom. The van der Waals surface area contributed by atoms with Crippen molar-refractivity contribution in [1.82, 2.24) is 0 Å². The van der Waals surface area contributed by atoms with Crippen molar-refractivity contribution in [2.75, 3.05) is 6.61 Å². The SMILES string of the molecule is C#CCCO[C@@H]1OC(C)CC(C)[C@H]1C. The standard InChI is InChI=1S/C12H20O2/c1-5-6-7-13-12-11(4)9(2)8-10(3)14-12/h1,9-12H,6-8H2,2-4H3/t9?,10?,11-,12-/m1/s1. The Labute approximate surface area is 87.0 Å². The van der Waals surface area contributed by atoms with E-state index in [1.807, 2.05) is 0 Å². The van der Waals surface area contributed by atoms with E-state index in [1.165, 1.54) is 0 Å². The average Bonchev–Trinajstić information content (AvgIpc) is 2.13. The molecule has 0 spiro atoms. The third-order valence-corrected chi connectivity index (χ3v) is 2.93. The van der Waals surface area contributed by atoms with Crippen LogP contribution in [0, 0.1) is 24.2 Å². The maximum Gasteiger partial charge on any atom is 0.160 e. The highest BCUT2D eigenvalue weighted by atomic mass is 16.7. The molecule has 80 valence electrons. The fraction of sp³-hybridized carbons (Fsp3) is 0.833. The quantitative estimate of drug-likeness (QED) is 0.510. The first-order chi connectivity index (χ1) is 6.65. The van der Waals surface area contributed by atoms with Crippen molar-refractivity contribution < 1.29 is 9.47 Å². The van der Waals surface area contributed by atoms with Gasteiger partial charge in [-0.15, -0.1) is 12.3 Å². The smallest absolute Gasteiger partial charge is 0.160 e. The summed E-state index contributed by atoms with van der Waals surface area (Å²) in [6.45, 7) is 7.13. The molecule has 2 heteroatoms. The van der Waals surface area contributed by atoms with Gasteiger partial charge in [0.05, 0.1) is 12.7 Å². The Hall–Kier alpha value is -0.520. The summed E-state index contributed by atoms with van der Waals surface area (Å²) in [5, 5.41) is 0. The predicted octanol–water partition coefficient (Wildman–Crippen LogP) is 2.43. The van der Waals surface area contributed by atoms with Gasteiger partial charge in [-0.3, -0.25) is 0 Å². The number of ether oxygens (including phenoxy) is 2. The Bertz CT molecular complexity index is 207. The number of hydrogen-bond donors (Lipinski definition) is 0. The zero-order chi connectivity index (χ0) is 10.6. The fourth-order valence-corrected chi connectivity index (χ4v) is 1.84. The van der Waals surface area contributed by atoms with Crippen molar-refractivity contribution >= 4 is 0 Å². The third kappa shape index (κ3) is 3.01. The zero-order valence-electron chi connectivity index (χ0n) is 9.32. The highest BCUT2D eigenvalue weighted by Gasteiger charge is 2.31. The molecule has 0 aromatic carbocycles. The molecule has 0 radical (unpaired) electrons. The Morgan fingerprint density at radius 1 is 1.43 bits per heavy atom. The van der Waals surface area contributed by atoms with Crippen LogP contribution in [0.15, 0.2) is 0 Å². The topological polar surface area (TPSA) is 18.5 Å². The molecule has 1 aliphatic heterocycles. The van der Waals surface area contributed by atoms with Gasteiger partial charge in [0.25, 0.3) is 0 Å². The first kappa shape index (κ1) is 11.6. The van der Waals surface area contributed by atoms with Crippen LogP contribution in [0.1, 0.15) is 33.6 Å². The number of rotatable bonds is 3. The van der Waals surface area contributed by atoms with Crippen molar-refractivity contribution in [3.63, 3.8) is 0 Å². The number of terminal acetylenes is 1. The Balaban J connectivity index is 2.38. The second-order valence-electron chi connectivity index (χ2n) is 4.21. The molecule has 0 amide bonds. The Morgan fingerprint density at radius 3 is 2.79 bits per heavy atom. The molecule has 1 aliphatic rings. The van der Waals surface area contributed by atoms with Gasteiger partial charge in [-0.2, -0.15) is 0 Å². The molecule has 0 saturated carbocycles. The average molecular weight is 196 g/mol. The normalized spacial score (nSPS) is 37.9. The fourth-order valence-electron chi connectivity index (χ4n) is 1.84. The van der Waals surface area contributed by atoms with Crippen LogP contribution in [0.3, 0.4) is 0 Å². The van der Waals surface area contributed by atoms with Crippen molar-refractivity contribution in [2.45, 2.75) is 46.0 Å². The van der Waals surface area contributed by atoms with Crippen LogP contribution >= 0.6 is 0 Å². The number of hydrogen-bond acceptors (Lipinski definition) is 2. The lowest BCUT2D eigenvalue weighted by molar-refractivity contribution is -0.226. The summed E-state index contributed by atoms with van der Waals surface area (Å²) in [7, 11) is 0. The van der Waals surface area contributed by atoms with Gasteiger partial charge >= 0.3 is 0 Å². The van der Waals surface area contributed by atoms with Crippen LogP contribution in [0.25, 0.3) is 0 Å². The van der Waals surface area contributed by atoms with E-state index in [0.29, 0.717) is 31.0 Å². The van der Waals surface area contributed by atoms with Gasteiger partial charge in [0, 0.05) is 12.3 Å². The van der Waals surface area contributed by atoms with Crippen LogP contribution in [-0.2, 0) is 9.47 Å². The maximum atomic E-state index is 5.72. The molecule has 14 heavy (non-hydrogen) atoms. The minimum absolute atomic E-state index is 0.0675. The molecule has 1 saturated heterocycles. The highest BCUT2D eigenvalue weighted by Crippen LogP contribution is 2.30. The van der Waals surface area contributed by atoms with Crippen LogP contribution in [0.2, 0.25) is 0 Å². The second-order valence-corrected chi connectivity index (χ2v) is 4.21. The molecule has 0 aromatic heterocycles. The molecule has 4 atom stereocenters. The van der Waals surface area contributed by atoms with Gasteiger partial charge in [0.2, 0.25) is 0 Å². The van der Waals surface area contributed by atoms with Gasteiger partial charge in [-0.1, -0.05) is 13.8 Å². The molecule has 2 nitrogen and oxygen atoms in total. The van der Waals surface area contributed by atoms with Gasteiger partial charge in [-0.05, 0) is 19.3 Å². The maximum absolute atomic E-state index is 5.72. The van der Waals surface area contributed by atoms with Crippen molar-refractivity contribution in [3.05, 3.63) is 0 Å². The van der Waals surface area contributed by atoms with Crippen LogP contribution in [0.5, 0.6) is 0 Å². The molecular formula is C12H20O2. The molecule has 2 unspecified atom stereocenters. The van der Waals surface area contributed by atoms with Gasteiger partial charge in [-0.25, -0.2) is 0 Å². The Kier molecular flexibility index (Phi) is 4.44. The first-order valence-electron chi connectivity index (χ1n) is 5.35. The molecule has 0 N–H and O–H groups in total. The van der Waals surface area contributed by atoms with Crippen molar-refractivity contribution in [1.29, 1.82) is 0 Å². The molecular weight excluding hydrogens is 176 g/mol. The van der Waals surface area contributed by atoms with Crippen LogP contribution in [0.4, 0.5) is 0 Å². The lowest BCUT2D eigenvalue weighted by atomic mass is 9.88. The second kappa shape index (κ2) is 5.38. The highest BCUT2D eigenvalue weighted by molar-refractivity contribution is 4.83. The van der Waals surface area contributed by atoms with E-state index in [4.69, 9.17) is 15.9 Å². The van der Waals surface area contributed by atoms with E-state index in [1.54, 1.807) is 0 Å². The lowest BCUT2D eigenvalue weighted by Crippen LogP contribution is -2.39. The van der Waals surface area contributed by atoms with Gasteiger partial charge < -0.3 is 9.47 Å². The summed E-state index contributed by atoms with van der Waals surface area (Å²) in [4.78, 5) is 0. The molecule has 1 heterocycles. The summed E-state index contributed by atoms with van der Waals surface area (Å²) >= 11 is 0. The van der Waals surface area contributed by atoms with Gasteiger partial charge in [0.15, 0.2) is 6.29 Å².